The smallest absolute Gasteiger partial charge is 0.225 e. The summed E-state index contributed by atoms with van der Waals surface area (Å²) >= 11 is 1.61. The number of nitrogens with one attached hydrogen (secondary N) is 1. The first-order valence-electron chi connectivity index (χ1n) is 6.10. The number of thioether (sulfide) groups is 1. The summed E-state index contributed by atoms with van der Waals surface area (Å²) in [6, 6.07) is 4.06. The molecule has 1 amide bonds. The van der Waals surface area contributed by atoms with Crippen molar-refractivity contribution in [3.8, 4) is 0 Å². The molecule has 0 aliphatic heterocycles. The number of carbonyl (C=O) groups excluding carboxylic acids is 1. The van der Waals surface area contributed by atoms with Crippen molar-refractivity contribution in [1.82, 2.24) is 0 Å². The predicted octanol–water partition coefficient (Wildman–Crippen LogP) is 2.24. The fraction of sp³-hybridized carbons (Fsp3) is 0.462. The van der Waals surface area contributed by atoms with E-state index in [2.05, 4.69) is 5.32 Å². The number of hydrogen-bond donors (Lipinski definition) is 3. The van der Waals surface area contributed by atoms with Gasteiger partial charge < -0.3 is 16.2 Å². The SMILES string of the molecule is CC(CCO)SCCC(=O)Nc1cc(N)ccc1F. The molecule has 106 valence electrons. The first-order valence-corrected chi connectivity index (χ1v) is 7.15. The standard InChI is InChI=1S/C13H19FN2O2S/c1-9(4-6-17)19-7-5-13(18)16-12-8-10(15)2-3-11(12)14/h2-3,8-9,17H,4-7,15H2,1H3,(H,16,18). The van der Waals surface area contributed by atoms with Gasteiger partial charge in [0.2, 0.25) is 5.91 Å². The van der Waals surface area contributed by atoms with Crippen LogP contribution < -0.4 is 11.1 Å². The van der Waals surface area contributed by atoms with Gasteiger partial charge in [0.05, 0.1) is 5.69 Å². The maximum absolute atomic E-state index is 13.4. The zero-order valence-corrected chi connectivity index (χ0v) is 11.7. The molecule has 0 aliphatic rings. The number of anilines is 2. The van der Waals surface area contributed by atoms with Gasteiger partial charge in [-0.25, -0.2) is 4.39 Å². The van der Waals surface area contributed by atoms with Crippen LogP contribution in [0.25, 0.3) is 0 Å². The Morgan fingerprint density at radius 2 is 2.32 bits per heavy atom. The lowest BCUT2D eigenvalue weighted by Gasteiger charge is -2.10. The summed E-state index contributed by atoms with van der Waals surface area (Å²) in [4.78, 5) is 11.6. The Bertz CT molecular complexity index is 429. The third-order valence-corrected chi connectivity index (χ3v) is 3.78. The molecule has 19 heavy (non-hydrogen) atoms. The molecule has 0 bridgehead atoms. The van der Waals surface area contributed by atoms with E-state index in [4.69, 9.17) is 10.8 Å². The molecular weight excluding hydrogens is 267 g/mol. The maximum Gasteiger partial charge on any atom is 0.225 e. The zero-order valence-electron chi connectivity index (χ0n) is 10.9. The number of hydrogen-bond acceptors (Lipinski definition) is 4. The minimum absolute atomic E-state index is 0.110. The summed E-state index contributed by atoms with van der Waals surface area (Å²) in [6.07, 6.45) is 1.00. The lowest BCUT2D eigenvalue weighted by molar-refractivity contribution is -0.115. The van der Waals surface area contributed by atoms with Crippen molar-refractivity contribution in [2.45, 2.75) is 25.0 Å². The number of aliphatic hydroxyl groups excluding tert-OH is 1. The molecule has 0 saturated carbocycles. The summed E-state index contributed by atoms with van der Waals surface area (Å²) in [6.45, 7) is 2.14. The summed E-state index contributed by atoms with van der Waals surface area (Å²) < 4.78 is 13.4. The molecule has 1 aromatic carbocycles. The molecular formula is C13H19FN2O2S. The molecule has 4 N–H and O–H groups in total. The van der Waals surface area contributed by atoms with Gasteiger partial charge in [-0.2, -0.15) is 11.8 Å². The van der Waals surface area contributed by atoms with Crippen molar-refractivity contribution in [2.75, 3.05) is 23.4 Å². The van der Waals surface area contributed by atoms with Gasteiger partial charge in [-0.3, -0.25) is 4.79 Å². The average molecular weight is 286 g/mol. The van der Waals surface area contributed by atoms with Crippen molar-refractivity contribution < 1.29 is 14.3 Å². The van der Waals surface area contributed by atoms with Crippen molar-refractivity contribution in [1.29, 1.82) is 0 Å². The molecule has 0 radical (unpaired) electrons. The van der Waals surface area contributed by atoms with Crippen LogP contribution in [-0.2, 0) is 4.79 Å². The van der Waals surface area contributed by atoms with Crippen molar-refractivity contribution in [3.63, 3.8) is 0 Å². The minimum Gasteiger partial charge on any atom is -0.399 e. The van der Waals surface area contributed by atoms with E-state index in [9.17, 15) is 9.18 Å². The van der Waals surface area contributed by atoms with Crippen LogP contribution in [0.1, 0.15) is 19.8 Å². The molecule has 0 fully saturated rings. The van der Waals surface area contributed by atoms with Crippen LogP contribution in [0.2, 0.25) is 0 Å². The Morgan fingerprint density at radius 3 is 3.00 bits per heavy atom. The molecule has 0 saturated heterocycles. The van der Waals surface area contributed by atoms with E-state index in [-0.39, 0.29) is 18.2 Å². The largest absolute Gasteiger partial charge is 0.399 e. The highest BCUT2D eigenvalue weighted by molar-refractivity contribution is 7.99. The second-order valence-electron chi connectivity index (χ2n) is 4.23. The van der Waals surface area contributed by atoms with Crippen LogP contribution in [-0.4, -0.2) is 28.6 Å². The lowest BCUT2D eigenvalue weighted by atomic mass is 10.2. The molecule has 1 aromatic rings. The minimum atomic E-state index is -0.496. The first-order chi connectivity index (χ1) is 9.02. The number of benzene rings is 1. The molecule has 0 aliphatic carbocycles. The number of halogens is 1. The average Bonchev–Trinajstić information content (AvgIpc) is 2.34. The number of aliphatic hydroxyl groups is 1. The number of rotatable bonds is 7. The second kappa shape index (κ2) is 8.01. The van der Waals surface area contributed by atoms with Gasteiger partial charge in [0.25, 0.3) is 0 Å². The van der Waals surface area contributed by atoms with Gasteiger partial charge in [0.1, 0.15) is 5.82 Å². The van der Waals surface area contributed by atoms with Crippen molar-refractivity contribution in [3.05, 3.63) is 24.0 Å². The van der Waals surface area contributed by atoms with Gasteiger partial charge in [-0.05, 0) is 24.6 Å². The second-order valence-corrected chi connectivity index (χ2v) is 5.78. The third-order valence-electron chi connectivity index (χ3n) is 2.53. The fourth-order valence-electron chi connectivity index (χ4n) is 1.47. The maximum atomic E-state index is 13.4. The summed E-state index contributed by atoms with van der Waals surface area (Å²) in [5, 5.41) is 11.6. The van der Waals surface area contributed by atoms with E-state index in [1.54, 1.807) is 11.8 Å². The highest BCUT2D eigenvalue weighted by atomic mass is 32.2. The summed E-state index contributed by atoms with van der Waals surface area (Å²) in [7, 11) is 0. The fourth-order valence-corrected chi connectivity index (χ4v) is 2.45. The van der Waals surface area contributed by atoms with Crippen LogP contribution in [0, 0.1) is 5.82 Å². The van der Waals surface area contributed by atoms with Crippen LogP contribution in [0.5, 0.6) is 0 Å². The van der Waals surface area contributed by atoms with Crippen LogP contribution in [0.15, 0.2) is 18.2 Å². The normalized spacial score (nSPS) is 12.2. The number of amides is 1. The van der Waals surface area contributed by atoms with E-state index in [1.165, 1.54) is 18.2 Å². The highest BCUT2D eigenvalue weighted by Crippen LogP contribution is 2.19. The number of nitrogens with two attached hydrogens (primary N) is 1. The Kier molecular flexibility index (Phi) is 6.66. The first kappa shape index (κ1) is 15.8. The van der Waals surface area contributed by atoms with Gasteiger partial charge in [-0.15, -0.1) is 0 Å². The molecule has 4 nitrogen and oxygen atoms in total. The van der Waals surface area contributed by atoms with Crippen molar-refractivity contribution in [2.24, 2.45) is 0 Å². The van der Waals surface area contributed by atoms with Gasteiger partial charge in [0, 0.05) is 29.7 Å². The van der Waals surface area contributed by atoms with E-state index >= 15 is 0 Å². The molecule has 1 unspecified atom stereocenters. The van der Waals surface area contributed by atoms with Crippen LogP contribution in [0.4, 0.5) is 15.8 Å². The quantitative estimate of drug-likeness (QED) is 0.672. The van der Waals surface area contributed by atoms with E-state index < -0.39 is 5.82 Å². The Morgan fingerprint density at radius 1 is 1.58 bits per heavy atom. The third kappa shape index (κ3) is 5.94. The Hall–Kier alpha value is -1.27. The monoisotopic (exact) mass is 286 g/mol. The highest BCUT2D eigenvalue weighted by Gasteiger charge is 2.08. The zero-order chi connectivity index (χ0) is 14.3. The topological polar surface area (TPSA) is 75.3 Å². The van der Waals surface area contributed by atoms with Crippen LogP contribution in [0.3, 0.4) is 0 Å². The molecule has 0 aromatic heterocycles. The van der Waals surface area contributed by atoms with E-state index in [1.807, 2.05) is 6.92 Å². The molecule has 1 atom stereocenters. The Labute approximate surface area is 116 Å². The number of nitrogen functional groups attached to an aromatic ring is 1. The summed E-state index contributed by atoms with van der Waals surface area (Å²) in [5.74, 6) is -0.103. The Balaban J connectivity index is 2.37. The van der Waals surface area contributed by atoms with E-state index in [0.29, 0.717) is 29.5 Å². The van der Waals surface area contributed by atoms with Gasteiger partial charge in [-0.1, -0.05) is 6.92 Å². The molecule has 0 spiro atoms. The number of carbonyl (C=O) groups is 1. The van der Waals surface area contributed by atoms with E-state index in [0.717, 1.165) is 0 Å². The summed E-state index contributed by atoms with van der Waals surface area (Å²) in [5.41, 5.74) is 6.05. The lowest BCUT2D eigenvalue weighted by Crippen LogP contribution is -2.14. The van der Waals surface area contributed by atoms with Crippen LogP contribution >= 0.6 is 11.8 Å². The molecule has 6 heteroatoms. The molecule has 1 rings (SSSR count). The van der Waals surface area contributed by atoms with Crippen molar-refractivity contribution >= 4 is 29.0 Å². The molecule has 0 heterocycles. The van der Waals surface area contributed by atoms with Gasteiger partial charge >= 0.3 is 0 Å². The van der Waals surface area contributed by atoms with Gasteiger partial charge in [0.15, 0.2) is 0 Å². The predicted molar refractivity (Wildman–Crippen MR) is 77.7 cm³/mol.